The third kappa shape index (κ3) is 3.49. The van der Waals surface area contributed by atoms with Gasteiger partial charge in [-0.25, -0.2) is 9.59 Å². The van der Waals surface area contributed by atoms with Crippen molar-refractivity contribution in [2.24, 2.45) is 0 Å². The normalized spacial score (nSPS) is 30.4. The Bertz CT molecular complexity index is 245. The molecular weight excluding hydrogens is 256 g/mol. The van der Waals surface area contributed by atoms with E-state index < -0.39 is 0 Å². The summed E-state index contributed by atoms with van der Waals surface area (Å²) in [5.74, 6) is 3.06. The third-order valence-electron chi connectivity index (χ3n) is 1.91. The molecule has 84 valence electrons. The summed E-state index contributed by atoms with van der Waals surface area (Å²) in [5, 5.41) is -0.355. The maximum absolute atomic E-state index is 10.8. The van der Waals surface area contributed by atoms with Gasteiger partial charge in [0.15, 0.2) is 0 Å². The van der Waals surface area contributed by atoms with Gasteiger partial charge in [0.2, 0.25) is 0 Å². The van der Waals surface area contributed by atoms with E-state index in [1.165, 1.54) is 23.5 Å². The van der Waals surface area contributed by atoms with Gasteiger partial charge in [-0.3, -0.25) is 0 Å². The summed E-state index contributed by atoms with van der Waals surface area (Å²) in [5.41, 5.74) is 0. The van der Waals surface area contributed by atoms with Crippen LogP contribution in [0.4, 0.5) is 9.59 Å². The molecule has 7 heteroatoms. The zero-order valence-electron chi connectivity index (χ0n) is 7.84. The molecule has 0 radical (unpaired) electrons. The van der Waals surface area contributed by atoms with Gasteiger partial charge in [0.1, 0.15) is 12.2 Å². The van der Waals surface area contributed by atoms with Gasteiger partial charge in [-0.15, -0.1) is 0 Å². The lowest BCUT2D eigenvalue weighted by atomic mass is 10.5. The van der Waals surface area contributed by atoms with E-state index in [1.54, 1.807) is 11.8 Å². The summed E-state index contributed by atoms with van der Waals surface area (Å²) < 4.78 is 10.1. The van der Waals surface area contributed by atoms with E-state index in [-0.39, 0.29) is 22.8 Å². The van der Waals surface area contributed by atoms with Crippen molar-refractivity contribution in [2.45, 2.75) is 12.2 Å². The van der Waals surface area contributed by atoms with Crippen LogP contribution in [-0.2, 0) is 9.47 Å². The Labute approximate surface area is 100 Å². The fourth-order valence-corrected chi connectivity index (χ4v) is 3.98. The number of rotatable bonds is 4. The second-order valence-electron chi connectivity index (χ2n) is 3.14. The molecule has 2 atom stereocenters. The Morgan fingerprint density at radius 3 is 1.87 bits per heavy atom. The summed E-state index contributed by atoms with van der Waals surface area (Å²) >= 11 is 4.12. The second kappa shape index (κ2) is 5.36. The molecule has 0 spiro atoms. The number of hydrogen-bond acceptors (Lipinski definition) is 7. The van der Waals surface area contributed by atoms with Crippen molar-refractivity contribution in [2.75, 3.05) is 23.0 Å². The first-order valence-electron chi connectivity index (χ1n) is 4.48. The lowest BCUT2D eigenvalue weighted by Crippen LogP contribution is -2.17. The molecule has 2 fully saturated rings. The van der Waals surface area contributed by atoms with Crippen molar-refractivity contribution in [3.8, 4) is 0 Å². The number of hydrogen-bond donors (Lipinski definition) is 0. The summed E-state index contributed by atoms with van der Waals surface area (Å²) in [4.78, 5) is 21.5. The highest BCUT2D eigenvalue weighted by atomic mass is 32.2. The predicted molar refractivity (Wildman–Crippen MR) is 62.8 cm³/mol. The van der Waals surface area contributed by atoms with Gasteiger partial charge in [0, 0.05) is 23.0 Å². The Hall–Kier alpha value is -0.0100. The standard InChI is InChI=1S/C8H10O4S3/c9-7-11-5(3-14-7)1-13-2-6-4-15-8(10)12-6/h5-6H,1-4H2. The van der Waals surface area contributed by atoms with Gasteiger partial charge >= 0.3 is 10.6 Å². The van der Waals surface area contributed by atoms with Gasteiger partial charge < -0.3 is 9.47 Å². The molecule has 2 aliphatic rings. The van der Waals surface area contributed by atoms with Crippen LogP contribution in [0.1, 0.15) is 0 Å². The van der Waals surface area contributed by atoms with Crippen LogP contribution in [0.15, 0.2) is 0 Å². The third-order valence-corrected chi connectivity index (χ3v) is 4.86. The number of thioether (sulfide) groups is 3. The quantitative estimate of drug-likeness (QED) is 0.723. The topological polar surface area (TPSA) is 52.6 Å². The Kier molecular flexibility index (Phi) is 4.10. The first-order chi connectivity index (χ1) is 7.24. The smallest absolute Gasteiger partial charge is 0.367 e. The van der Waals surface area contributed by atoms with E-state index in [9.17, 15) is 9.59 Å². The van der Waals surface area contributed by atoms with Gasteiger partial charge in [-0.2, -0.15) is 11.8 Å². The summed E-state index contributed by atoms with van der Waals surface area (Å²) in [6, 6.07) is 0. The summed E-state index contributed by atoms with van der Waals surface area (Å²) in [7, 11) is 0. The van der Waals surface area contributed by atoms with E-state index in [4.69, 9.17) is 9.47 Å². The number of carbonyl (C=O) groups excluding carboxylic acids is 2. The van der Waals surface area contributed by atoms with Crippen LogP contribution >= 0.6 is 35.3 Å². The minimum absolute atomic E-state index is 0.0252. The van der Waals surface area contributed by atoms with Crippen molar-refractivity contribution >= 4 is 45.9 Å². The Balaban J connectivity index is 1.59. The molecule has 0 saturated carbocycles. The minimum Gasteiger partial charge on any atom is -0.452 e. The molecule has 0 bridgehead atoms. The SMILES string of the molecule is O=C1OC(CSCC2CSC(=O)O2)CS1. The molecule has 2 aliphatic heterocycles. The molecule has 4 nitrogen and oxygen atoms in total. The average Bonchev–Trinajstić information content (AvgIpc) is 2.76. The molecule has 0 aliphatic carbocycles. The molecule has 2 saturated heterocycles. The Morgan fingerprint density at radius 2 is 1.53 bits per heavy atom. The highest BCUT2D eigenvalue weighted by Crippen LogP contribution is 2.25. The van der Waals surface area contributed by atoms with Crippen molar-refractivity contribution in [1.29, 1.82) is 0 Å². The molecule has 2 unspecified atom stereocenters. The predicted octanol–water partition coefficient (Wildman–Crippen LogP) is 2.22. The molecule has 15 heavy (non-hydrogen) atoms. The van der Waals surface area contributed by atoms with Crippen molar-refractivity contribution in [3.05, 3.63) is 0 Å². The maximum atomic E-state index is 10.8. The molecule has 0 aromatic carbocycles. The van der Waals surface area contributed by atoms with E-state index >= 15 is 0 Å². The first-order valence-corrected chi connectivity index (χ1v) is 7.61. The molecule has 0 aromatic rings. The lowest BCUT2D eigenvalue weighted by molar-refractivity contribution is 0.154. The van der Waals surface area contributed by atoms with Crippen LogP contribution in [0.25, 0.3) is 0 Å². The maximum Gasteiger partial charge on any atom is 0.367 e. The van der Waals surface area contributed by atoms with Crippen molar-refractivity contribution in [1.82, 2.24) is 0 Å². The average molecular weight is 266 g/mol. The number of ether oxygens (including phenoxy) is 2. The molecule has 0 amide bonds. The van der Waals surface area contributed by atoms with Crippen molar-refractivity contribution in [3.63, 3.8) is 0 Å². The first kappa shape index (κ1) is 11.5. The highest BCUT2D eigenvalue weighted by Gasteiger charge is 2.27. The van der Waals surface area contributed by atoms with Crippen LogP contribution in [-0.4, -0.2) is 45.8 Å². The molecular formula is C8H10O4S3. The summed E-state index contributed by atoms with van der Waals surface area (Å²) in [6.07, 6.45) is 0.0505. The molecule has 0 aromatic heterocycles. The van der Waals surface area contributed by atoms with E-state index in [1.807, 2.05) is 0 Å². The highest BCUT2D eigenvalue weighted by molar-refractivity contribution is 8.14. The molecule has 2 heterocycles. The van der Waals surface area contributed by atoms with Crippen LogP contribution in [0.2, 0.25) is 0 Å². The molecule has 2 rings (SSSR count). The fraction of sp³-hybridized carbons (Fsp3) is 0.750. The van der Waals surface area contributed by atoms with Gasteiger partial charge in [0.25, 0.3) is 0 Å². The summed E-state index contributed by atoms with van der Waals surface area (Å²) in [6.45, 7) is 0. The van der Waals surface area contributed by atoms with E-state index in [0.29, 0.717) is 0 Å². The monoisotopic (exact) mass is 266 g/mol. The van der Waals surface area contributed by atoms with Gasteiger partial charge in [-0.1, -0.05) is 0 Å². The Morgan fingerprint density at radius 1 is 1.07 bits per heavy atom. The number of cyclic esters (lactones) is 2. The fourth-order valence-electron chi connectivity index (χ4n) is 1.23. The van der Waals surface area contributed by atoms with E-state index in [0.717, 1.165) is 23.0 Å². The van der Waals surface area contributed by atoms with Crippen LogP contribution in [0.5, 0.6) is 0 Å². The number of carbonyl (C=O) groups is 2. The lowest BCUT2D eigenvalue weighted by Gasteiger charge is -2.10. The molecule has 0 N–H and O–H groups in total. The second-order valence-corrected chi connectivity index (χ2v) is 6.12. The van der Waals surface area contributed by atoms with Crippen LogP contribution < -0.4 is 0 Å². The van der Waals surface area contributed by atoms with Crippen molar-refractivity contribution < 1.29 is 19.1 Å². The zero-order chi connectivity index (χ0) is 10.7. The van der Waals surface area contributed by atoms with Crippen LogP contribution in [0, 0.1) is 0 Å². The minimum atomic E-state index is -0.177. The van der Waals surface area contributed by atoms with Gasteiger partial charge in [0.05, 0.1) is 0 Å². The zero-order valence-corrected chi connectivity index (χ0v) is 10.3. The van der Waals surface area contributed by atoms with Gasteiger partial charge in [-0.05, 0) is 23.5 Å². The van der Waals surface area contributed by atoms with Crippen LogP contribution in [0.3, 0.4) is 0 Å². The van der Waals surface area contributed by atoms with E-state index in [2.05, 4.69) is 0 Å². The largest absolute Gasteiger partial charge is 0.452 e.